The maximum atomic E-state index is 12.3. The van der Waals surface area contributed by atoms with Crippen molar-refractivity contribution in [2.75, 3.05) is 11.9 Å². The minimum Gasteiger partial charge on any atom is -0.504 e. The number of benzene rings is 2. The maximum Gasteiger partial charge on any atom is 0.266 e. The second-order valence-corrected chi connectivity index (χ2v) is 6.91. The second kappa shape index (κ2) is 8.35. The van der Waals surface area contributed by atoms with Crippen molar-refractivity contribution in [3.8, 4) is 17.6 Å². The zero-order chi connectivity index (χ0) is 20.0. The minimum absolute atomic E-state index is 0.0492. The molecule has 1 amide bonds. The van der Waals surface area contributed by atoms with Crippen molar-refractivity contribution in [3.63, 3.8) is 0 Å². The van der Waals surface area contributed by atoms with Crippen LogP contribution in [0.2, 0.25) is 0 Å². The lowest BCUT2D eigenvalue weighted by Gasteiger charge is -2.07. The predicted molar refractivity (Wildman–Crippen MR) is 99.3 cm³/mol. The number of rotatable bonds is 6. The average Bonchev–Trinajstić information content (AvgIpc) is 2.62. The van der Waals surface area contributed by atoms with Crippen LogP contribution in [0.5, 0.6) is 11.5 Å². The van der Waals surface area contributed by atoms with Crippen LogP contribution < -0.4 is 15.2 Å². The molecule has 0 spiro atoms. The van der Waals surface area contributed by atoms with Gasteiger partial charge in [-0.2, -0.15) is 5.26 Å². The summed E-state index contributed by atoms with van der Waals surface area (Å²) in [7, 11) is -3.83. The monoisotopic (exact) mass is 387 g/mol. The SMILES string of the molecule is CCOc1cc(C=C(C#N)C(=O)Nc2ccc(S(N)(=O)=O)cc2)ccc1O. The number of nitrogens with two attached hydrogens (primary N) is 1. The van der Waals surface area contributed by atoms with Gasteiger partial charge in [-0.25, -0.2) is 13.6 Å². The highest BCUT2D eigenvalue weighted by Crippen LogP contribution is 2.27. The molecular weight excluding hydrogens is 370 g/mol. The van der Waals surface area contributed by atoms with E-state index in [9.17, 15) is 23.6 Å². The molecule has 140 valence electrons. The number of amides is 1. The molecule has 8 nitrogen and oxygen atoms in total. The van der Waals surface area contributed by atoms with Gasteiger partial charge in [-0.15, -0.1) is 0 Å². The van der Waals surface area contributed by atoms with Crippen LogP contribution in [0.4, 0.5) is 5.69 Å². The van der Waals surface area contributed by atoms with E-state index in [4.69, 9.17) is 9.88 Å². The molecule has 0 saturated heterocycles. The highest BCUT2D eigenvalue weighted by molar-refractivity contribution is 7.89. The highest BCUT2D eigenvalue weighted by atomic mass is 32.2. The fourth-order valence-corrected chi connectivity index (χ4v) is 2.65. The molecule has 27 heavy (non-hydrogen) atoms. The third kappa shape index (κ3) is 5.31. The number of hydrogen-bond donors (Lipinski definition) is 3. The summed E-state index contributed by atoms with van der Waals surface area (Å²) in [4.78, 5) is 12.2. The van der Waals surface area contributed by atoms with Crippen LogP contribution >= 0.6 is 0 Å². The summed E-state index contributed by atoms with van der Waals surface area (Å²) < 4.78 is 27.7. The number of nitriles is 1. The molecule has 0 aliphatic carbocycles. The largest absolute Gasteiger partial charge is 0.504 e. The van der Waals surface area contributed by atoms with Gasteiger partial charge in [0, 0.05) is 5.69 Å². The second-order valence-electron chi connectivity index (χ2n) is 5.35. The van der Waals surface area contributed by atoms with E-state index < -0.39 is 15.9 Å². The lowest BCUT2D eigenvalue weighted by molar-refractivity contribution is -0.112. The summed E-state index contributed by atoms with van der Waals surface area (Å²) in [6, 6.07) is 11.4. The summed E-state index contributed by atoms with van der Waals surface area (Å²) in [6.07, 6.45) is 1.34. The number of aromatic hydroxyl groups is 1. The maximum absolute atomic E-state index is 12.3. The van der Waals surface area contributed by atoms with Crippen LogP contribution in [0.1, 0.15) is 12.5 Å². The molecule has 0 saturated carbocycles. The quantitative estimate of drug-likeness (QED) is 0.511. The van der Waals surface area contributed by atoms with Gasteiger partial charge in [0.2, 0.25) is 10.0 Å². The Morgan fingerprint density at radius 2 is 1.96 bits per heavy atom. The van der Waals surface area contributed by atoms with Gasteiger partial charge in [-0.05, 0) is 55.0 Å². The summed E-state index contributed by atoms with van der Waals surface area (Å²) in [5.74, 6) is -0.485. The van der Waals surface area contributed by atoms with Crippen molar-refractivity contribution < 1.29 is 23.1 Å². The Kier molecular flexibility index (Phi) is 6.18. The van der Waals surface area contributed by atoms with Crippen LogP contribution in [0, 0.1) is 11.3 Å². The van der Waals surface area contributed by atoms with Gasteiger partial charge in [-0.3, -0.25) is 4.79 Å². The lowest BCUT2D eigenvalue weighted by atomic mass is 10.1. The predicted octanol–water partition coefficient (Wildman–Crippen LogP) is 1.98. The molecule has 2 aromatic carbocycles. The number of nitrogens with zero attached hydrogens (tertiary/aromatic N) is 1. The van der Waals surface area contributed by atoms with Crippen LogP contribution in [0.25, 0.3) is 6.08 Å². The van der Waals surface area contributed by atoms with Gasteiger partial charge in [-0.1, -0.05) is 6.07 Å². The van der Waals surface area contributed by atoms with Crippen molar-refractivity contribution in [2.24, 2.45) is 5.14 Å². The van der Waals surface area contributed by atoms with E-state index in [1.165, 1.54) is 48.5 Å². The highest BCUT2D eigenvalue weighted by Gasteiger charge is 2.12. The number of hydrogen-bond acceptors (Lipinski definition) is 6. The number of carbonyl (C=O) groups is 1. The molecule has 0 radical (unpaired) electrons. The Hall–Kier alpha value is -3.35. The molecule has 0 heterocycles. The summed E-state index contributed by atoms with van der Waals surface area (Å²) in [5, 5.41) is 26.5. The first kappa shape index (κ1) is 20.0. The number of carbonyl (C=O) groups excluding carboxylic acids is 1. The van der Waals surface area contributed by atoms with Crippen molar-refractivity contribution in [3.05, 3.63) is 53.6 Å². The molecule has 0 unspecified atom stereocenters. The van der Waals surface area contributed by atoms with Gasteiger partial charge in [0.05, 0.1) is 11.5 Å². The molecule has 0 aromatic heterocycles. The van der Waals surface area contributed by atoms with Crippen LogP contribution in [0.3, 0.4) is 0 Å². The van der Waals surface area contributed by atoms with E-state index in [1.54, 1.807) is 13.0 Å². The zero-order valence-corrected chi connectivity index (χ0v) is 15.2. The molecule has 9 heteroatoms. The van der Waals surface area contributed by atoms with Gasteiger partial charge in [0.15, 0.2) is 11.5 Å². The average molecular weight is 387 g/mol. The minimum atomic E-state index is -3.83. The van der Waals surface area contributed by atoms with E-state index in [2.05, 4.69) is 5.32 Å². The molecule has 2 aromatic rings. The van der Waals surface area contributed by atoms with Crippen LogP contribution in [-0.2, 0) is 14.8 Å². The van der Waals surface area contributed by atoms with E-state index >= 15 is 0 Å². The van der Waals surface area contributed by atoms with Crippen LogP contribution in [-0.4, -0.2) is 26.0 Å². The third-order valence-corrected chi connectivity index (χ3v) is 4.33. The topological polar surface area (TPSA) is 143 Å². The van der Waals surface area contributed by atoms with Crippen molar-refractivity contribution in [1.82, 2.24) is 0 Å². The van der Waals surface area contributed by atoms with Gasteiger partial charge in [0.25, 0.3) is 5.91 Å². The summed E-state index contributed by atoms with van der Waals surface area (Å²) in [6.45, 7) is 2.11. The summed E-state index contributed by atoms with van der Waals surface area (Å²) in [5.41, 5.74) is 0.612. The number of anilines is 1. The van der Waals surface area contributed by atoms with E-state index in [0.717, 1.165) is 0 Å². The van der Waals surface area contributed by atoms with E-state index in [-0.39, 0.29) is 22.0 Å². The van der Waals surface area contributed by atoms with Gasteiger partial charge >= 0.3 is 0 Å². The summed E-state index contributed by atoms with van der Waals surface area (Å²) >= 11 is 0. The number of sulfonamides is 1. The Balaban J connectivity index is 2.22. The molecule has 2 rings (SSSR count). The fraction of sp³-hybridized carbons (Fsp3) is 0.111. The number of phenolic OH excluding ortho intramolecular Hbond substituents is 1. The molecule has 0 aliphatic rings. The first-order valence-electron chi connectivity index (χ1n) is 7.76. The molecule has 0 fully saturated rings. The van der Waals surface area contributed by atoms with Crippen molar-refractivity contribution >= 4 is 27.7 Å². The Bertz CT molecular complexity index is 1020. The molecule has 0 atom stereocenters. The number of ether oxygens (including phenoxy) is 1. The Morgan fingerprint density at radius 1 is 1.30 bits per heavy atom. The van der Waals surface area contributed by atoms with Crippen molar-refractivity contribution in [1.29, 1.82) is 5.26 Å². The zero-order valence-electron chi connectivity index (χ0n) is 14.3. The first-order valence-corrected chi connectivity index (χ1v) is 9.31. The van der Waals surface area contributed by atoms with E-state index in [1.807, 2.05) is 0 Å². The smallest absolute Gasteiger partial charge is 0.266 e. The number of nitrogens with one attached hydrogen (secondary N) is 1. The molecule has 4 N–H and O–H groups in total. The third-order valence-electron chi connectivity index (χ3n) is 3.40. The lowest BCUT2D eigenvalue weighted by Crippen LogP contribution is -2.14. The van der Waals surface area contributed by atoms with Crippen molar-refractivity contribution in [2.45, 2.75) is 11.8 Å². The Labute approximate surface area is 156 Å². The Morgan fingerprint density at radius 3 is 2.52 bits per heavy atom. The van der Waals surface area contributed by atoms with Gasteiger partial charge in [0.1, 0.15) is 11.6 Å². The number of primary sulfonamides is 1. The fourth-order valence-electron chi connectivity index (χ4n) is 2.13. The normalized spacial score (nSPS) is 11.5. The molecule has 0 aliphatic heterocycles. The van der Waals surface area contributed by atoms with Crippen LogP contribution in [0.15, 0.2) is 52.9 Å². The first-order chi connectivity index (χ1) is 12.7. The van der Waals surface area contributed by atoms with Gasteiger partial charge < -0.3 is 15.2 Å². The number of phenols is 1. The standard InChI is InChI=1S/C18H17N3O5S/c1-2-26-17-10-12(3-8-16(17)22)9-13(11-19)18(23)21-14-4-6-15(7-5-14)27(20,24)25/h3-10,22H,2H2,1H3,(H,21,23)(H2,20,24,25). The molecular formula is C18H17N3O5S. The van der Waals surface area contributed by atoms with E-state index in [0.29, 0.717) is 17.9 Å². The molecule has 0 bridgehead atoms.